The Kier molecular flexibility index (Phi) is 9.57. The average molecular weight is 521 g/mol. The van der Waals surface area contributed by atoms with Crippen LogP contribution in [0.15, 0.2) is 78.4 Å². The first-order chi connectivity index (χ1) is 17.8. The van der Waals surface area contributed by atoms with Crippen molar-refractivity contribution in [2.45, 2.75) is 13.8 Å². The average Bonchev–Trinajstić information content (AvgIpc) is 2.88. The number of nitrogens with one attached hydrogen (secondary N) is 2. The minimum atomic E-state index is -0.676. The number of hydrogen-bond donors (Lipinski definition) is 2. The summed E-state index contributed by atoms with van der Waals surface area (Å²) < 4.78 is 9.92. The van der Waals surface area contributed by atoms with Crippen LogP contribution in [0.25, 0.3) is 6.08 Å². The monoisotopic (exact) mass is 520 g/mol. The fourth-order valence-corrected chi connectivity index (χ4v) is 3.40. The molecule has 2 N–H and O–H groups in total. The predicted molar refractivity (Wildman–Crippen MR) is 141 cm³/mol. The Bertz CT molecular complexity index is 1240. The molecule has 0 aromatic heterocycles. The summed E-state index contributed by atoms with van der Waals surface area (Å²) in [7, 11) is 0. The van der Waals surface area contributed by atoms with E-state index in [9.17, 15) is 19.2 Å². The number of rotatable bonds is 9. The molecule has 8 nitrogen and oxygen atoms in total. The first-order valence-corrected chi connectivity index (χ1v) is 11.8. The van der Waals surface area contributed by atoms with Gasteiger partial charge in [-0.15, -0.1) is 0 Å². The smallest absolute Gasteiger partial charge is 0.338 e. The van der Waals surface area contributed by atoms with E-state index in [1.165, 1.54) is 54.6 Å². The number of ether oxygens (including phenoxy) is 2. The van der Waals surface area contributed by atoms with Gasteiger partial charge in [-0.05, 0) is 86.2 Å². The number of hydrogen-bond acceptors (Lipinski definition) is 6. The Hall–Kier alpha value is -4.43. The Morgan fingerprint density at radius 1 is 0.730 bits per heavy atom. The molecule has 0 saturated carbocycles. The number of halogens is 1. The van der Waals surface area contributed by atoms with Crippen molar-refractivity contribution in [1.29, 1.82) is 0 Å². The lowest BCUT2D eigenvalue weighted by atomic mass is 10.1. The minimum absolute atomic E-state index is 0.189. The molecule has 3 rings (SSSR count). The molecular formula is C28H25ClN2O6. The molecule has 37 heavy (non-hydrogen) atoms. The molecule has 0 bridgehead atoms. The summed E-state index contributed by atoms with van der Waals surface area (Å²) in [6.45, 7) is 3.91. The molecule has 0 fully saturated rings. The maximum absolute atomic E-state index is 13.1. The van der Waals surface area contributed by atoms with Crippen molar-refractivity contribution in [3.8, 4) is 0 Å². The summed E-state index contributed by atoms with van der Waals surface area (Å²) in [6, 6.07) is 18.9. The van der Waals surface area contributed by atoms with Crippen LogP contribution in [0.3, 0.4) is 0 Å². The van der Waals surface area contributed by atoms with Crippen molar-refractivity contribution < 1.29 is 28.7 Å². The normalized spacial score (nSPS) is 10.1. The van der Waals surface area contributed by atoms with Gasteiger partial charge in [-0.3, -0.25) is 9.59 Å². The van der Waals surface area contributed by atoms with E-state index in [-0.39, 0.29) is 18.8 Å². The maximum Gasteiger partial charge on any atom is 0.338 e. The van der Waals surface area contributed by atoms with Crippen LogP contribution in [0, 0.1) is 0 Å². The lowest BCUT2D eigenvalue weighted by Gasteiger charge is -2.11. The van der Waals surface area contributed by atoms with E-state index < -0.39 is 23.8 Å². The van der Waals surface area contributed by atoms with Gasteiger partial charge in [-0.25, -0.2) is 9.59 Å². The van der Waals surface area contributed by atoms with E-state index in [0.29, 0.717) is 33.1 Å². The van der Waals surface area contributed by atoms with Crippen LogP contribution in [0.1, 0.15) is 40.1 Å². The molecule has 2 amide bonds. The van der Waals surface area contributed by atoms with Crippen LogP contribution < -0.4 is 10.6 Å². The van der Waals surface area contributed by atoms with Gasteiger partial charge in [0.2, 0.25) is 0 Å². The molecule has 3 aromatic rings. The van der Waals surface area contributed by atoms with Gasteiger partial charge in [0.05, 0.1) is 24.3 Å². The topological polar surface area (TPSA) is 111 Å². The van der Waals surface area contributed by atoms with Crippen LogP contribution >= 0.6 is 11.6 Å². The lowest BCUT2D eigenvalue weighted by Crippen LogP contribution is -2.25. The largest absolute Gasteiger partial charge is 0.462 e. The lowest BCUT2D eigenvalue weighted by molar-refractivity contribution is -0.118. The molecule has 0 aliphatic rings. The number of carbonyl (C=O) groups is 4. The molecule has 0 radical (unpaired) electrons. The second-order valence-corrected chi connectivity index (χ2v) is 8.05. The molecule has 3 aromatic carbocycles. The van der Waals surface area contributed by atoms with Gasteiger partial charge < -0.3 is 20.1 Å². The van der Waals surface area contributed by atoms with Crippen molar-refractivity contribution in [2.24, 2.45) is 0 Å². The standard InChI is InChI=1S/C28H25ClN2O6/c1-3-36-27(34)19-8-12-22(13-9-19)30-25(32)24(17-18-6-5-7-21(29)16-18)26(33)31-23-14-10-20(11-15-23)28(35)37-4-2/h5-17H,3-4H2,1-2H3,(H,30,32)(H,31,33). The molecule has 0 saturated heterocycles. The van der Waals surface area contributed by atoms with Crippen LogP contribution in [0.5, 0.6) is 0 Å². The molecular weight excluding hydrogens is 496 g/mol. The number of amides is 2. The molecule has 0 aliphatic carbocycles. The summed E-state index contributed by atoms with van der Waals surface area (Å²) in [6.07, 6.45) is 1.41. The van der Waals surface area contributed by atoms with Gasteiger partial charge in [0.15, 0.2) is 0 Å². The van der Waals surface area contributed by atoms with Gasteiger partial charge in [-0.1, -0.05) is 23.7 Å². The number of esters is 2. The summed E-state index contributed by atoms with van der Waals surface area (Å²) >= 11 is 6.07. The third kappa shape index (κ3) is 7.78. The van der Waals surface area contributed by atoms with E-state index in [0.717, 1.165) is 0 Å². The van der Waals surface area contributed by atoms with Gasteiger partial charge >= 0.3 is 11.9 Å². The highest BCUT2D eigenvalue weighted by atomic mass is 35.5. The Morgan fingerprint density at radius 3 is 1.59 bits per heavy atom. The zero-order valence-electron chi connectivity index (χ0n) is 20.2. The Morgan fingerprint density at radius 2 is 1.19 bits per heavy atom. The van der Waals surface area contributed by atoms with E-state index in [1.54, 1.807) is 38.1 Å². The van der Waals surface area contributed by atoms with Crippen molar-refractivity contribution >= 4 is 52.8 Å². The molecule has 0 atom stereocenters. The van der Waals surface area contributed by atoms with Crippen molar-refractivity contribution in [3.63, 3.8) is 0 Å². The van der Waals surface area contributed by atoms with E-state index >= 15 is 0 Å². The van der Waals surface area contributed by atoms with E-state index in [1.807, 2.05) is 0 Å². The number of benzene rings is 3. The highest BCUT2D eigenvalue weighted by Crippen LogP contribution is 2.18. The first-order valence-electron chi connectivity index (χ1n) is 11.4. The highest BCUT2D eigenvalue weighted by molar-refractivity contribution is 6.31. The molecule has 0 heterocycles. The fraction of sp³-hybridized carbons (Fsp3) is 0.143. The third-order valence-electron chi connectivity index (χ3n) is 4.96. The van der Waals surface area contributed by atoms with Crippen LogP contribution in [0.2, 0.25) is 5.02 Å². The molecule has 9 heteroatoms. The minimum Gasteiger partial charge on any atom is -0.462 e. The van der Waals surface area contributed by atoms with Gasteiger partial charge in [0.1, 0.15) is 5.57 Å². The number of anilines is 2. The van der Waals surface area contributed by atoms with Crippen molar-refractivity contribution in [2.75, 3.05) is 23.8 Å². The molecule has 0 unspecified atom stereocenters. The van der Waals surface area contributed by atoms with Gasteiger partial charge in [0, 0.05) is 16.4 Å². The van der Waals surface area contributed by atoms with Crippen LogP contribution in [-0.4, -0.2) is 37.0 Å². The van der Waals surface area contributed by atoms with Gasteiger partial charge in [-0.2, -0.15) is 0 Å². The van der Waals surface area contributed by atoms with Crippen molar-refractivity contribution in [1.82, 2.24) is 0 Å². The Labute approximate surface area is 219 Å². The Balaban J connectivity index is 1.83. The SMILES string of the molecule is CCOC(=O)c1ccc(NC(=O)C(=Cc2cccc(Cl)c2)C(=O)Nc2ccc(C(=O)OCC)cc2)cc1. The zero-order chi connectivity index (χ0) is 26.8. The van der Waals surface area contributed by atoms with Crippen LogP contribution in [-0.2, 0) is 19.1 Å². The second kappa shape index (κ2) is 13.0. The summed E-state index contributed by atoms with van der Waals surface area (Å²) in [5.41, 5.74) is 1.77. The number of carbonyl (C=O) groups excluding carboxylic acids is 4. The first kappa shape index (κ1) is 27.2. The summed E-state index contributed by atoms with van der Waals surface area (Å²) in [4.78, 5) is 50.0. The summed E-state index contributed by atoms with van der Waals surface area (Å²) in [5, 5.41) is 5.77. The zero-order valence-corrected chi connectivity index (χ0v) is 21.0. The summed E-state index contributed by atoms with van der Waals surface area (Å²) in [5.74, 6) is -2.31. The molecule has 0 aliphatic heterocycles. The van der Waals surface area contributed by atoms with E-state index in [2.05, 4.69) is 10.6 Å². The maximum atomic E-state index is 13.1. The van der Waals surface area contributed by atoms with E-state index in [4.69, 9.17) is 21.1 Å². The molecule has 190 valence electrons. The van der Waals surface area contributed by atoms with Gasteiger partial charge in [0.25, 0.3) is 11.8 Å². The molecule has 0 spiro atoms. The van der Waals surface area contributed by atoms with Crippen molar-refractivity contribution in [3.05, 3.63) is 100 Å². The fourth-order valence-electron chi connectivity index (χ4n) is 3.20. The third-order valence-corrected chi connectivity index (χ3v) is 5.19. The second-order valence-electron chi connectivity index (χ2n) is 7.62. The highest BCUT2D eigenvalue weighted by Gasteiger charge is 2.20. The van der Waals surface area contributed by atoms with Crippen LogP contribution in [0.4, 0.5) is 11.4 Å². The predicted octanol–water partition coefficient (Wildman–Crippen LogP) is 5.35. The quantitative estimate of drug-likeness (QED) is 0.170.